The van der Waals surface area contributed by atoms with E-state index in [-0.39, 0.29) is 12.7 Å². The van der Waals surface area contributed by atoms with E-state index in [1.807, 2.05) is 56.3 Å². The van der Waals surface area contributed by atoms with Crippen LogP contribution < -0.4 is 20.1 Å². The lowest BCUT2D eigenvalue weighted by atomic mass is 10.1. The number of hydrogen-bond donors (Lipinski definition) is 2. The molecule has 136 valence electrons. The monoisotopic (exact) mass is 361 g/mol. The van der Waals surface area contributed by atoms with E-state index >= 15 is 0 Å². The first-order valence-electron chi connectivity index (χ1n) is 8.60. The average Bonchev–Trinajstić information content (AvgIpc) is 3.14. The molecular formula is C21H19N3O3. The molecule has 0 aliphatic carbocycles. The van der Waals surface area contributed by atoms with Crippen molar-refractivity contribution >= 4 is 23.0 Å². The third kappa shape index (κ3) is 3.55. The molecule has 2 heterocycles. The SMILES string of the molecule is Cc1cccc(NC(=O)c2ccc(Nc3ccc4c(c3)OCO4)cn2)c1C. The van der Waals surface area contributed by atoms with Gasteiger partial charge in [0.15, 0.2) is 11.5 Å². The first kappa shape index (κ1) is 16.9. The van der Waals surface area contributed by atoms with Gasteiger partial charge < -0.3 is 20.1 Å². The summed E-state index contributed by atoms with van der Waals surface area (Å²) in [5, 5.41) is 6.15. The predicted octanol–water partition coefficient (Wildman–Crippen LogP) is 4.42. The van der Waals surface area contributed by atoms with E-state index in [2.05, 4.69) is 15.6 Å². The molecule has 3 aromatic rings. The summed E-state index contributed by atoms with van der Waals surface area (Å²) >= 11 is 0. The third-order valence-electron chi connectivity index (χ3n) is 4.51. The van der Waals surface area contributed by atoms with Gasteiger partial charge in [0.25, 0.3) is 5.91 Å². The Balaban J connectivity index is 1.45. The number of anilines is 3. The van der Waals surface area contributed by atoms with Crippen LogP contribution >= 0.6 is 0 Å². The fraction of sp³-hybridized carbons (Fsp3) is 0.143. The van der Waals surface area contributed by atoms with Crippen LogP contribution in [0, 0.1) is 13.8 Å². The molecule has 4 rings (SSSR count). The van der Waals surface area contributed by atoms with Crippen LogP contribution in [0.4, 0.5) is 17.1 Å². The van der Waals surface area contributed by atoms with Crippen molar-refractivity contribution in [1.82, 2.24) is 4.98 Å². The average molecular weight is 361 g/mol. The lowest BCUT2D eigenvalue weighted by Gasteiger charge is -2.11. The zero-order valence-corrected chi connectivity index (χ0v) is 15.1. The van der Waals surface area contributed by atoms with Crippen LogP contribution in [0.1, 0.15) is 21.6 Å². The van der Waals surface area contributed by atoms with Crippen LogP contribution in [0.25, 0.3) is 0 Å². The molecule has 0 saturated heterocycles. The van der Waals surface area contributed by atoms with E-state index in [0.717, 1.165) is 33.9 Å². The molecule has 0 atom stereocenters. The van der Waals surface area contributed by atoms with Crippen molar-refractivity contribution in [2.24, 2.45) is 0 Å². The molecule has 0 fully saturated rings. The van der Waals surface area contributed by atoms with Crippen LogP contribution in [0.5, 0.6) is 11.5 Å². The Kier molecular flexibility index (Phi) is 4.38. The number of nitrogens with one attached hydrogen (secondary N) is 2. The highest BCUT2D eigenvalue weighted by molar-refractivity contribution is 6.03. The summed E-state index contributed by atoms with van der Waals surface area (Å²) < 4.78 is 10.7. The molecule has 0 bridgehead atoms. The Hall–Kier alpha value is -3.54. The number of nitrogens with zero attached hydrogens (tertiary/aromatic N) is 1. The smallest absolute Gasteiger partial charge is 0.274 e. The maximum absolute atomic E-state index is 12.5. The minimum Gasteiger partial charge on any atom is -0.454 e. The lowest BCUT2D eigenvalue weighted by molar-refractivity contribution is 0.102. The Bertz CT molecular complexity index is 1000. The second-order valence-electron chi connectivity index (χ2n) is 6.33. The molecule has 0 spiro atoms. The number of hydrogen-bond acceptors (Lipinski definition) is 5. The van der Waals surface area contributed by atoms with Gasteiger partial charge in [0, 0.05) is 17.4 Å². The third-order valence-corrected chi connectivity index (χ3v) is 4.51. The van der Waals surface area contributed by atoms with Crippen LogP contribution in [-0.2, 0) is 0 Å². The van der Waals surface area contributed by atoms with Crippen molar-refractivity contribution in [3.05, 3.63) is 71.5 Å². The van der Waals surface area contributed by atoms with Crippen molar-refractivity contribution < 1.29 is 14.3 Å². The molecule has 27 heavy (non-hydrogen) atoms. The number of pyridine rings is 1. The van der Waals surface area contributed by atoms with E-state index in [1.54, 1.807) is 12.3 Å². The zero-order valence-electron chi connectivity index (χ0n) is 15.1. The van der Waals surface area contributed by atoms with Crippen molar-refractivity contribution in [3.8, 4) is 11.5 Å². The second-order valence-corrected chi connectivity index (χ2v) is 6.33. The highest BCUT2D eigenvalue weighted by atomic mass is 16.7. The standard InChI is InChI=1S/C21H19N3O3/c1-13-4-3-5-17(14(13)2)24-21(25)18-8-6-16(11-22-18)23-15-7-9-19-20(10-15)27-12-26-19/h3-11,23H,12H2,1-2H3,(H,24,25). The van der Waals surface area contributed by atoms with E-state index in [9.17, 15) is 4.79 Å². The van der Waals surface area contributed by atoms with Crippen molar-refractivity contribution in [2.45, 2.75) is 13.8 Å². The quantitative estimate of drug-likeness (QED) is 0.719. The van der Waals surface area contributed by atoms with Gasteiger partial charge in [-0.1, -0.05) is 12.1 Å². The summed E-state index contributed by atoms with van der Waals surface area (Å²) in [7, 11) is 0. The Morgan fingerprint density at radius 2 is 1.81 bits per heavy atom. The van der Waals surface area contributed by atoms with Gasteiger partial charge in [0.2, 0.25) is 6.79 Å². The van der Waals surface area contributed by atoms with Gasteiger partial charge >= 0.3 is 0 Å². The highest BCUT2D eigenvalue weighted by Crippen LogP contribution is 2.35. The molecule has 0 unspecified atom stereocenters. The van der Waals surface area contributed by atoms with Crippen molar-refractivity contribution in [1.29, 1.82) is 0 Å². The summed E-state index contributed by atoms with van der Waals surface area (Å²) in [6.07, 6.45) is 1.63. The van der Waals surface area contributed by atoms with Gasteiger partial charge in [-0.15, -0.1) is 0 Å². The largest absolute Gasteiger partial charge is 0.454 e. The van der Waals surface area contributed by atoms with Crippen LogP contribution in [0.2, 0.25) is 0 Å². The molecule has 0 saturated carbocycles. The fourth-order valence-corrected chi connectivity index (χ4v) is 2.82. The van der Waals surface area contributed by atoms with Crippen molar-refractivity contribution in [2.75, 3.05) is 17.4 Å². The van der Waals surface area contributed by atoms with Gasteiger partial charge in [-0.2, -0.15) is 0 Å². The number of carbonyl (C=O) groups excluding carboxylic acids is 1. The van der Waals surface area contributed by atoms with E-state index < -0.39 is 0 Å². The molecule has 1 aliphatic rings. The highest BCUT2D eigenvalue weighted by Gasteiger charge is 2.14. The van der Waals surface area contributed by atoms with Crippen LogP contribution in [-0.4, -0.2) is 17.7 Å². The summed E-state index contributed by atoms with van der Waals surface area (Å²) in [5.41, 5.74) is 4.96. The second kappa shape index (κ2) is 6.99. The molecule has 2 N–H and O–H groups in total. The summed E-state index contributed by atoms with van der Waals surface area (Å²) in [6.45, 7) is 4.24. The molecule has 2 aromatic carbocycles. The Morgan fingerprint density at radius 3 is 2.63 bits per heavy atom. The number of fused-ring (bicyclic) bond motifs is 1. The summed E-state index contributed by atoms with van der Waals surface area (Å²) in [6, 6.07) is 14.9. The van der Waals surface area contributed by atoms with Gasteiger partial charge in [-0.3, -0.25) is 4.79 Å². The number of ether oxygens (including phenoxy) is 2. The van der Waals surface area contributed by atoms with Crippen LogP contribution in [0.15, 0.2) is 54.7 Å². The Labute approximate surface area is 157 Å². The molecule has 1 aromatic heterocycles. The normalized spacial score (nSPS) is 11.9. The first-order valence-corrected chi connectivity index (χ1v) is 8.60. The molecular weight excluding hydrogens is 342 g/mol. The number of rotatable bonds is 4. The number of aryl methyl sites for hydroxylation is 1. The molecule has 1 amide bonds. The number of carbonyl (C=O) groups is 1. The van der Waals surface area contributed by atoms with E-state index in [1.165, 1.54) is 0 Å². The van der Waals surface area contributed by atoms with Gasteiger partial charge in [0.1, 0.15) is 5.69 Å². The van der Waals surface area contributed by atoms with E-state index in [4.69, 9.17) is 9.47 Å². The van der Waals surface area contributed by atoms with Crippen LogP contribution in [0.3, 0.4) is 0 Å². The zero-order chi connectivity index (χ0) is 18.8. The molecule has 6 nitrogen and oxygen atoms in total. The van der Waals surface area contributed by atoms with Gasteiger partial charge in [-0.25, -0.2) is 4.98 Å². The number of aromatic nitrogens is 1. The molecule has 0 radical (unpaired) electrons. The minimum absolute atomic E-state index is 0.238. The van der Waals surface area contributed by atoms with Gasteiger partial charge in [-0.05, 0) is 55.3 Å². The maximum atomic E-state index is 12.5. The topological polar surface area (TPSA) is 72.5 Å². The number of amides is 1. The molecule has 1 aliphatic heterocycles. The Morgan fingerprint density at radius 1 is 1.00 bits per heavy atom. The van der Waals surface area contributed by atoms with Gasteiger partial charge in [0.05, 0.1) is 11.9 Å². The molecule has 6 heteroatoms. The summed E-state index contributed by atoms with van der Waals surface area (Å²) in [4.78, 5) is 16.7. The summed E-state index contributed by atoms with van der Waals surface area (Å²) in [5.74, 6) is 1.20. The fourth-order valence-electron chi connectivity index (χ4n) is 2.82. The predicted molar refractivity (Wildman–Crippen MR) is 104 cm³/mol. The lowest BCUT2D eigenvalue weighted by Crippen LogP contribution is -2.14. The first-order chi connectivity index (χ1) is 13.1. The van der Waals surface area contributed by atoms with Crippen molar-refractivity contribution in [3.63, 3.8) is 0 Å². The minimum atomic E-state index is -0.238. The maximum Gasteiger partial charge on any atom is 0.274 e. The van der Waals surface area contributed by atoms with E-state index in [0.29, 0.717) is 11.4 Å². The number of benzene rings is 2.